The SMILES string of the molecule is C=Cc1cccc(C(C(=O)NC2CCCCC2)N(C(=O)C(C)NC(=O)OC(C)(C)C)C2CCC2)c1. The summed E-state index contributed by atoms with van der Waals surface area (Å²) in [7, 11) is 0. The number of ether oxygens (including phenoxy) is 1. The number of hydrogen-bond donors (Lipinski definition) is 2. The Morgan fingerprint density at radius 1 is 1.09 bits per heavy atom. The molecule has 3 rings (SSSR count). The number of hydrogen-bond acceptors (Lipinski definition) is 4. The molecule has 2 unspecified atom stereocenters. The van der Waals surface area contributed by atoms with Gasteiger partial charge in [-0.2, -0.15) is 0 Å². The summed E-state index contributed by atoms with van der Waals surface area (Å²) in [6.07, 6.45) is 9.07. The quantitative estimate of drug-likeness (QED) is 0.538. The fourth-order valence-electron chi connectivity index (χ4n) is 4.77. The summed E-state index contributed by atoms with van der Waals surface area (Å²) in [5, 5.41) is 5.90. The standard InChI is InChI=1S/C28H41N3O4/c1-6-20-12-10-13-21(18-20)24(25(32)30-22-14-8-7-9-15-22)31(23-16-11-17-23)26(33)19(2)29-27(34)35-28(3,4)5/h6,10,12-13,18-19,22-24H,1,7-9,11,14-17H2,2-5H3,(H,29,34)(H,30,32). The lowest BCUT2D eigenvalue weighted by molar-refractivity contribution is -0.147. The van der Waals surface area contributed by atoms with Gasteiger partial charge < -0.3 is 20.3 Å². The summed E-state index contributed by atoms with van der Waals surface area (Å²) < 4.78 is 5.35. The first-order valence-corrected chi connectivity index (χ1v) is 12.9. The molecule has 0 heterocycles. The average molecular weight is 484 g/mol. The summed E-state index contributed by atoms with van der Waals surface area (Å²) in [6, 6.07) is 6.08. The highest BCUT2D eigenvalue weighted by Crippen LogP contribution is 2.34. The third kappa shape index (κ3) is 7.33. The van der Waals surface area contributed by atoms with Crippen LogP contribution in [0.4, 0.5) is 4.79 Å². The normalized spacial score (nSPS) is 18.5. The lowest BCUT2D eigenvalue weighted by Gasteiger charge is -2.43. The van der Waals surface area contributed by atoms with Crippen LogP contribution in [0.3, 0.4) is 0 Å². The Balaban J connectivity index is 1.90. The van der Waals surface area contributed by atoms with Crippen LogP contribution >= 0.6 is 0 Å². The number of carbonyl (C=O) groups excluding carboxylic acids is 3. The molecule has 1 aromatic carbocycles. The largest absolute Gasteiger partial charge is 0.444 e. The molecule has 0 aromatic heterocycles. The molecular formula is C28H41N3O4. The van der Waals surface area contributed by atoms with Gasteiger partial charge in [-0.1, -0.05) is 50.1 Å². The Morgan fingerprint density at radius 3 is 2.34 bits per heavy atom. The second-order valence-electron chi connectivity index (χ2n) is 10.8. The summed E-state index contributed by atoms with van der Waals surface area (Å²) in [4.78, 5) is 41.7. The lowest BCUT2D eigenvalue weighted by Crippen LogP contribution is -2.57. The third-order valence-corrected chi connectivity index (χ3v) is 6.77. The number of carbonyl (C=O) groups is 3. The summed E-state index contributed by atoms with van der Waals surface area (Å²) in [5.74, 6) is -0.448. The first-order chi connectivity index (χ1) is 16.6. The van der Waals surface area contributed by atoms with Crippen LogP contribution in [-0.2, 0) is 14.3 Å². The van der Waals surface area contributed by atoms with Gasteiger partial charge in [0.2, 0.25) is 11.8 Å². The molecule has 1 aromatic rings. The Morgan fingerprint density at radius 2 is 1.77 bits per heavy atom. The molecule has 2 fully saturated rings. The van der Waals surface area contributed by atoms with E-state index in [2.05, 4.69) is 17.2 Å². The Kier molecular flexibility index (Phi) is 8.98. The molecule has 7 nitrogen and oxygen atoms in total. The Bertz CT molecular complexity index is 913. The number of nitrogens with zero attached hydrogens (tertiary/aromatic N) is 1. The van der Waals surface area contributed by atoms with E-state index >= 15 is 0 Å². The average Bonchev–Trinajstić information content (AvgIpc) is 2.76. The van der Waals surface area contributed by atoms with E-state index in [9.17, 15) is 14.4 Å². The van der Waals surface area contributed by atoms with Gasteiger partial charge in [-0.25, -0.2) is 4.79 Å². The van der Waals surface area contributed by atoms with Crippen LogP contribution in [0.1, 0.15) is 96.2 Å². The van der Waals surface area contributed by atoms with Crippen molar-refractivity contribution in [1.29, 1.82) is 0 Å². The maximum absolute atomic E-state index is 13.8. The van der Waals surface area contributed by atoms with Crippen molar-refractivity contribution in [3.05, 3.63) is 42.0 Å². The molecule has 0 radical (unpaired) electrons. The van der Waals surface area contributed by atoms with E-state index in [-0.39, 0.29) is 23.9 Å². The molecule has 0 spiro atoms. The maximum Gasteiger partial charge on any atom is 0.408 e. The first kappa shape index (κ1) is 26.8. The zero-order valence-corrected chi connectivity index (χ0v) is 21.6. The highest BCUT2D eigenvalue weighted by atomic mass is 16.6. The van der Waals surface area contributed by atoms with Gasteiger partial charge >= 0.3 is 6.09 Å². The monoisotopic (exact) mass is 483 g/mol. The zero-order valence-electron chi connectivity index (χ0n) is 21.6. The molecule has 35 heavy (non-hydrogen) atoms. The molecule has 3 amide bonds. The molecule has 2 aliphatic carbocycles. The number of alkyl carbamates (subject to hydrolysis) is 1. The Labute approximate surface area is 209 Å². The smallest absolute Gasteiger partial charge is 0.408 e. The fraction of sp³-hybridized carbons (Fsp3) is 0.607. The van der Waals surface area contributed by atoms with E-state index in [1.807, 2.05) is 24.3 Å². The summed E-state index contributed by atoms with van der Waals surface area (Å²) in [5.41, 5.74) is 0.966. The highest BCUT2D eigenvalue weighted by Gasteiger charge is 2.41. The molecule has 2 aliphatic rings. The molecule has 2 saturated carbocycles. The van der Waals surface area contributed by atoms with Gasteiger partial charge in [0.15, 0.2) is 0 Å². The minimum Gasteiger partial charge on any atom is -0.444 e. The topological polar surface area (TPSA) is 87.7 Å². The summed E-state index contributed by atoms with van der Waals surface area (Å²) >= 11 is 0. The van der Waals surface area contributed by atoms with E-state index in [1.54, 1.807) is 38.7 Å². The van der Waals surface area contributed by atoms with Gasteiger partial charge in [-0.15, -0.1) is 0 Å². The van der Waals surface area contributed by atoms with Crippen LogP contribution in [-0.4, -0.2) is 46.5 Å². The van der Waals surface area contributed by atoms with Crippen molar-refractivity contribution < 1.29 is 19.1 Å². The van der Waals surface area contributed by atoms with Crippen LogP contribution < -0.4 is 10.6 Å². The summed E-state index contributed by atoms with van der Waals surface area (Å²) in [6.45, 7) is 10.8. The predicted molar refractivity (Wildman–Crippen MR) is 138 cm³/mol. The number of benzene rings is 1. The van der Waals surface area contributed by atoms with Crippen molar-refractivity contribution in [1.82, 2.24) is 15.5 Å². The van der Waals surface area contributed by atoms with E-state index in [0.717, 1.165) is 56.1 Å². The zero-order chi connectivity index (χ0) is 25.6. The second-order valence-corrected chi connectivity index (χ2v) is 10.8. The van der Waals surface area contributed by atoms with Gasteiger partial charge in [0, 0.05) is 12.1 Å². The van der Waals surface area contributed by atoms with Crippen molar-refractivity contribution in [3.63, 3.8) is 0 Å². The number of nitrogens with one attached hydrogen (secondary N) is 2. The molecule has 2 N–H and O–H groups in total. The van der Waals surface area contributed by atoms with Crippen molar-refractivity contribution in [2.24, 2.45) is 0 Å². The minimum atomic E-state index is -0.835. The van der Waals surface area contributed by atoms with Crippen molar-refractivity contribution in [3.8, 4) is 0 Å². The molecule has 0 saturated heterocycles. The van der Waals surface area contributed by atoms with Crippen molar-refractivity contribution in [2.75, 3.05) is 0 Å². The van der Waals surface area contributed by atoms with Crippen LogP contribution in [0.2, 0.25) is 0 Å². The van der Waals surface area contributed by atoms with E-state index in [4.69, 9.17) is 4.74 Å². The van der Waals surface area contributed by atoms with Gasteiger partial charge in [-0.05, 0) is 77.0 Å². The predicted octanol–water partition coefficient (Wildman–Crippen LogP) is 5.11. The fourth-order valence-corrected chi connectivity index (χ4v) is 4.77. The number of rotatable bonds is 8. The molecule has 0 bridgehead atoms. The van der Waals surface area contributed by atoms with Gasteiger partial charge in [0.25, 0.3) is 0 Å². The minimum absolute atomic E-state index is 0.0557. The maximum atomic E-state index is 13.8. The third-order valence-electron chi connectivity index (χ3n) is 6.77. The van der Waals surface area contributed by atoms with E-state index in [1.165, 1.54) is 6.42 Å². The lowest BCUT2D eigenvalue weighted by atomic mass is 9.87. The van der Waals surface area contributed by atoms with E-state index < -0.39 is 23.8 Å². The second kappa shape index (κ2) is 11.7. The van der Waals surface area contributed by atoms with Crippen molar-refractivity contribution in [2.45, 2.75) is 109 Å². The highest BCUT2D eigenvalue weighted by molar-refractivity contribution is 5.92. The molecule has 2 atom stereocenters. The number of amides is 3. The van der Waals surface area contributed by atoms with Crippen LogP contribution in [0, 0.1) is 0 Å². The van der Waals surface area contributed by atoms with Gasteiger partial charge in [0.1, 0.15) is 17.7 Å². The molecule has 0 aliphatic heterocycles. The first-order valence-electron chi connectivity index (χ1n) is 12.9. The van der Waals surface area contributed by atoms with Gasteiger partial charge in [0.05, 0.1) is 0 Å². The van der Waals surface area contributed by atoms with E-state index in [0.29, 0.717) is 0 Å². The molecule has 192 valence electrons. The van der Waals surface area contributed by atoms with Crippen LogP contribution in [0.15, 0.2) is 30.8 Å². The van der Waals surface area contributed by atoms with Crippen LogP contribution in [0.5, 0.6) is 0 Å². The molecular weight excluding hydrogens is 442 g/mol. The Hall–Kier alpha value is -2.83. The van der Waals surface area contributed by atoms with Gasteiger partial charge in [-0.3, -0.25) is 9.59 Å². The van der Waals surface area contributed by atoms with Crippen LogP contribution in [0.25, 0.3) is 6.08 Å². The molecule has 7 heteroatoms. The van der Waals surface area contributed by atoms with Crippen molar-refractivity contribution >= 4 is 24.0 Å².